The minimum absolute atomic E-state index is 0.154. The van der Waals surface area contributed by atoms with Crippen molar-refractivity contribution in [3.63, 3.8) is 0 Å². The summed E-state index contributed by atoms with van der Waals surface area (Å²) < 4.78 is 15.9. The van der Waals surface area contributed by atoms with Crippen LogP contribution in [0.2, 0.25) is 0 Å². The molecule has 1 saturated heterocycles. The van der Waals surface area contributed by atoms with E-state index in [1.54, 1.807) is 17.4 Å². The van der Waals surface area contributed by atoms with Crippen molar-refractivity contribution in [1.29, 1.82) is 0 Å². The Labute approximate surface area is 257 Å². The maximum absolute atomic E-state index is 10.2. The minimum Gasteiger partial charge on any atom is -0.508 e. The van der Waals surface area contributed by atoms with Crippen molar-refractivity contribution >= 4 is 21.4 Å². The largest absolute Gasteiger partial charge is 0.508 e. The van der Waals surface area contributed by atoms with E-state index in [0.29, 0.717) is 11.8 Å². The SMILES string of the molecule is Oc1ccc2c(Cc3ccc(O[C@H]4CCCC[C@@H]4n4ccnc4)cc3)c(-c3ccc(OCCN4CCCC4)cc3)sc2c1. The number of thiophene rings is 1. The van der Waals surface area contributed by atoms with Crippen LogP contribution < -0.4 is 9.47 Å². The zero-order valence-electron chi connectivity index (χ0n) is 24.5. The number of hydrogen-bond acceptors (Lipinski definition) is 6. The molecule has 1 N–H and O–H groups in total. The molecule has 5 aromatic rings. The van der Waals surface area contributed by atoms with Crippen LogP contribution in [-0.2, 0) is 6.42 Å². The zero-order chi connectivity index (χ0) is 29.0. The van der Waals surface area contributed by atoms with Gasteiger partial charge in [0.2, 0.25) is 0 Å². The number of fused-ring (bicyclic) bond motifs is 1. The van der Waals surface area contributed by atoms with Gasteiger partial charge in [0, 0.05) is 28.5 Å². The number of likely N-dealkylation sites (tertiary alicyclic amines) is 1. The summed E-state index contributed by atoms with van der Waals surface area (Å²) in [5, 5.41) is 11.4. The standard InChI is InChI=1S/C36H39N3O3S/c40-28-11-16-31-32(23-26-7-12-30(13-8-26)42-34-6-2-1-5-33(34)39-20-17-37-25-39)36(43-35(31)24-28)27-9-14-29(15-10-27)41-22-21-38-18-3-4-19-38/h7-17,20,24-25,33-34,40H,1-6,18-19,21-23H2/t33-,34-/m0/s1. The molecular weight excluding hydrogens is 554 g/mol. The van der Waals surface area contributed by atoms with Crippen molar-refractivity contribution in [2.75, 3.05) is 26.2 Å². The monoisotopic (exact) mass is 593 g/mol. The fourth-order valence-electron chi connectivity index (χ4n) is 6.63. The molecule has 1 aliphatic heterocycles. The number of nitrogens with zero attached hydrogens (tertiary/aromatic N) is 3. The Kier molecular flexibility index (Phi) is 8.34. The van der Waals surface area contributed by atoms with Gasteiger partial charge in [-0.1, -0.05) is 18.6 Å². The number of hydrogen-bond donors (Lipinski definition) is 1. The molecule has 3 aromatic carbocycles. The van der Waals surface area contributed by atoms with E-state index in [4.69, 9.17) is 9.47 Å². The molecular formula is C36H39N3O3S. The lowest BCUT2D eigenvalue weighted by Gasteiger charge is -2.32. The first-order valence-electron chi connectivity index (χ1n) is 15.6. The normalized spacial score (nSPS) is 19.2. The summed E-state index contributed by atoms with van der Waals surface area (Å²) in [6.07, 6.45) is 14.0. The summed E-state index contributed by atoms with van der Waals surface area (Å²) in [5.74, 6) is 2.13. The lowest BCUT2D eigenvalue weighted by atomic mass is 9.92. The molecule has 0 unspecified atom stereocenters. The summed E-state index contributed by atoms with van der Waals surface area (Å²) in [6.45, 7) is 4.09. The molecule has 1 aliphatic carbocycles. The summed E-state index contributed by atoms with van der Waals surface area (Å²) in [6, 6.07) is 23.1. The van der Waals surface area contributed by atoms with Gasteiger partial charge in [-0.2, -0.15) is 0 Å². The Hall–Kier alpha value is -3.81. The molecule has 2 aromatic heterocycles. The molecule has 2 aliphatic rings. The lowest BCUT2D eigenvalue weighted by molar-refractivity contribution is 0.0977. The van der Waals surface area contributed by atoms with E-state index in [2.05, 4.69) is 63.0 Å². The van der Waals surface area contributed by atoms with Crippen LogP contribution >= 0.6 is 11.3 Å². The molecule has 0 radical (unpaired) electrons. The Bertz CT molecular complexity index is 1620. The van der Waals surface area contributed by atoms with Gasteiger partial charge in [0.25, 0.3) is 0 Å². The molecule has 3 heterocycles. The van der Waals surface area contributed by atoms with E-state index in [1.807, 2.05) is 30.9 Å². The summed E-state index contributed by atoms with van der Waals surface area (Å²) >= 11 is 1.74. The van der Waals surface area contributed by atoms with Crippen LogP contribution in [0.1, 0.15) is 55.7 Å². The van der Waals surface area contributed by atoms with E-state index in [-0.39, 0.29) is 6.10 Å². The van der Waals surface area contributed by atoms with Crippen molar-refractivity contribution in [2.24, 2.45) is 0 Å². The van der Waals surface area contributed by atoms with Crippen molar-refractivity contribution in [3.05, 3.63) is 96.6 Å². The fourth-order valence-corrected chi connectivity index (χ4v) is 7.89. The van der Waals surface area contributed by atoms with Gasteiger partial charge in [0.05, 0.1) is 12.4 Å². The third-order valence-electron chi connectivity index (χ3n) is 8.94. The third-order valence-corrected chi connectivity index (χ3v) is 10.2. The highest BCUT2D eigenvalue weighted by atomic mass is 32.1. The van der Waals surface area contributed by atoms with Crippen molar-refractivity contribution in [1.82, 2.24) is 14.5 Å². The Morgan fingerprint density at radius 3 is 2.47 bits per heavy atom. The van der Waals surface area contributed by atoms with E-state index in [1.165, 1.54) is 65.7 Å². The quantitative estimate of drug-likeness (QED) is 0.177. The van der Waals surface area contributed by atoms with Gasteiger partial charge >= 0.3 is 0 Å². The molecule has 1 saturated carbocycles. The third kappa shape index (κ3) is 6.43. The van der Waals surface area contributed by atoms with Gasteiger partial charge < -0.3 is 19.1 Å². The van der Waals surface area contributed by atoms with Crippen molar-refractivity contribution in [3.8, 4) is 27.7 Å². The molecule has 2 fully saturated rings. The average molecular weight is 594 g/mol. The number of phenolic OH excluding ortho intramolecular Hbond substituents is 1. The fraction of sp³-hybridized carbons (Fsp3) is 0.361. The van der Waals surface area contributed by atoms with Gasteiger partial charge in [0.15, 0.2) is 0 Å². The maximum Gasteiger partial charge on any atom is 0.119 e. The second-order valence-electron chi connectivity index (χ2n) is 11.9. The number of benzene rings is 3. The van der Waals surface area contributed by atoms with Gasteiger partial charge in [-0.05, 0) is 128 Å². The molecule has 0 amide bonds. The highest BCUT2D eigenvalue weighted by Crippen LogP contribution is 2.42. The first-order valence-corrected chi connectivity index (χ1v) is 16.4. The van der Waals surface area contributed by atoms with Crippen molar-refractivity contribution < 1.29 is 14.6 Å². The first kappa shape index (κ1) is 28.0. The second-order valence-corrected chi connectivity index (χ2v) is 12.9. The lowest BCUT2D eigenvalue weighted by Crippen LogP contribution is -2.32. The van der Waals surface area contributed by atoms with Crippen LogP contribution in [-0.4, -0.2) is 51.9 Å². The number of aromatic hydroxyl groups is 1. The smallest absolute Gasteiger partial charge is 0.119 e. The second kappa shape index (κ2) is 12.8. The van der Waals surface area contributed by atoms with E-state index in [9.17, 15) is 5.11 Å². The van der Waals surface area contributed by atoms with Crippen LogP contribution in [0.25, 0.3) is 20.5 Å². The predicted molar refractivity (Wildman–Crippen MR) is 173 cm³/mol. The molecule has 6 nitrogen and oxygen atoms in total. The molecule has 7 heteroatoms. The van der Waals surface area contributed by atoms with Crippen LogP contribution in [0, 0.1) is 0 Å². The number of phenols is 1. The van der Waals surface area contributed by atoms with Gasteiger partial charge in [-0.3, -0.25) is 4.90 Å². The summed E-state index contributed by atoms with van der Waals surface area (Å²) in [7, 11) is 0. The van der Waals surface area contributed by atoms with Crippen LogP contribution in [0.3, 0.4) is 0 Å². The number of aromatic nitrogens is 2. The van der Waals surface area contributed by atoms with Gasteiger partial charge in [-0.25, -0.2) is 4.98 Å². The molecule has 0 bridgehead atoms. The van der Waals surface area contributed by atoms with Crippen LogP contribution in [0.4, 0.5) is 0 Å². The molecule has 0 spiro atoms. The Balaban J connectivity index is 1.08. The van der Waals surface area contributed by atoms with Gasteiger partial charge in [0.1, 0.15) is 30.0 Å². The van der Waals surface area contributed by atoms with E-state index in [0.717, 1.165) is 48.6 Å². The molecule has 2 atom stereocenters. The van der Waals surface area contributed by atoms with E-state index < -0.39 is 0 Å². The summed E-state index contributed by atoms with van der Waals surface area (Å²) in [4.78, 5) is 7.96. The topological polar surface area (TPSA) is 59.8 Å². The highest BCUT2D eigenvalue weighted by molar-refractivity contribution is 7.22. The Morgan fingerprint density at radius 1 is 0.884 bits per heavy atom. The van der Waals surface area contributed by atoms with Crippen molar-refractivity contribution in [2.45, 2.75) is 57.1 Å². The van der Waals surface area contributed by atoms with Crippen LogP contribution in [0.15, 0.2) is 85.5 Å². The summed E-state index contributed by atoms with van der Waals surface area (Å²) in [5.41, 5.74) is 3.69. The molecule has 7 rings (SSSR count). The maximum atomic E-state index is 10.2. The molecule has 222 valence electrons. The predicted octanol–water partition coefficient (Wildman–Crippen LogP) is 8.10. The van der Waals surface area contributed by atoms with Crippen LogP contribution in [0.5, 0.6) is 17.2 Å². The number of imidazole rings is 1. The van der Waals surface area contributed by atoms with E-state index >= 15 is 0 Å². The number of ether oxygens (including phenoxy) is 2. The van der Waals surface area contributed by atoms with Gasteiger partial charge in [-0.15, -0.1) is 11.3 Å². The highest BCUT2D eigenvalue weighted by Gasteiger charge is 2.28. The zero-order valence-corrected chi connectivity index (χ0v) is 25.3. The minimum atomic E-state index is 0.154. The molecule has 43 heavy (non-hydrogen) atoms. The first-order chi connectivity index (χ1) is 21.2. The average Bonchev–Trinajstić information content (AvgIpc) is 3.82. The number of rotatable bonds is 10. The Morgan fingerprint density at radius 2 is 1.67 bits per heavy atom.